The number of imide groups is 1. The summed E-state index contributed by atoms with van der Waals surface area (Å²) in [4.78, 5) is 35.4. The Bertz CT molecular complexity index is 848. The third kappa shape index (κ3) is 2.86. The van der Waals surface area contributed by atoms with E-state index in [-0.39, 0.29) is 11.9 Å². The summed E-state index contributed by atoms with van der Waals surface area (Å²) < 4.78 is 0. The SMILES string of the molecule is Cc1nc2ccccc2nc1SCCN1C(=O)NC2(CCCC2)C1=O. The summed E-state index contributed by atoms with van der Waals surface area (Å²) in [5.41, 5.74) is 1.98. The minimum atomic E-state index is -0.625. The molecule has 1 aliphatic carbocycles. The van der Waals surface area contributed by atoms with Crippen LogP contribution in [0.25, 0.3) is 11.0 Å². The van der Waals surface area contributed by atoms with Crippen molar-refractivity contribution in [2.24, 2.45) is 0 Å². The molecule has 1 aromatic carbocycles. The topological polar surface area (TPSA) is 75.2 Å². The van der Waals surface area contributed by atoms with Crippen LogP contribution in [-0.4, -0.2) is 44.6 Å². The Morgan fingerprint density at radius 3 is 2.56 bits per heavy atom. The monoisotopic (exact) mass is 356 g/mol. The van der Waals surface area contributed by atoms with Gasteiger partial charge in [0.2, 0.25) is 0 Å². The van der Waals surface area contributed by atoms with Crippen LogP contribution in [0.3, 0.4) is 0 Å². The number of benzene rings is 1. The number of carbonyl (C=O) groups is 2. The Hall–Kier alpha value is -2.15. The Morgan fingerprint density at radius 2 is 1.84 bits per heavy atom. The molecule has 2 aliphatic rings. The van der Waals surface area contributed by atoms with Gasteiger partial charge in [0, 0.05) is 12.3 Å². The molecule has 1 N–H and O–H groups in total. The number of rotatable bonds is 4. The van der Waals surface area contributed by atoms with Gasteiger partial charge >= 0.3 is 6.03 Å². The van der Waals surface area contributed by atoms with E-state index in [1.807, 2.05) is 31.2 Å². The van der Waals surface area contributed by atoms with Gasteiger partial charge in [-0.3, -0.25) is 9.69 Å². The van der Waals surface area contributed by atoms with E-state index < -0.39 is 5.54 Å². The largest absolute Gasteiger partial charge is 0.325 e. The molecule has 3 amide bonds. The van der Waals surface area contributed by atoms with Crippen molar-refractivity contribution in [1.29, 1.82) is 0 Å². The molecule has 7 heteroatoms. The number of urea groups is 1. The van der Waals surface area contributed by atoms with Gasteiger partial charge in [0.15, 0.2) is 0 Å². The van der Waals surface area contributed by atoms with Gasteiger partial charge in [-0.05, 0) is 31.9 Å². The molecule has 2 fully saturated rings. The van der Waals surface area contributed by atoms with Gasteiger partial charge in [0.25, 0.3) is 5.91 Å². The number of nitrogens with one attached hydrogen (secondary N) is 1. The van der Waals surface area contributed by atoms with Gasteiger partial charge in [0.05, 0.1) is 16.7 Å². The van der Waals surface area contributed by atoms with E-state index in [0.29, 0.717) is 12.3 Å². The Balaban J connectivity index is 1.43. The second kappa shape index (κ2) is 6.29. The number of para-hydroxylation sites is 2. The highest BCUT2D eigenvalue weighted by Gasteiger charge is 2.52. The lowest BCUT2D eigenvalue weighted by Crippen LogP contribution is -2.44. The summed E-state index contributed by atoms with van der Waals surface area (Å²) in [5.74, 6) is 0.556. The van der Waals surface area contributed by atoms with Crippen molar-refractivity contribution < 1.29 is 9.59 Å². The summed E-state index contributed by atoms with van der Waals surface area (Å²) in [7, 11) is 0. The Morgan fingerprint density at radius 1 is 1.16 bits per heavy atom. The first-order chi connectivity index (χ1) is 12.1. The summed E-state index contributed by atoms with van der Waals surface area (Å²) in [6.07, 6.45) is 3.52. The molecular formula is C18H20N4O2S. The molecule has 6 nitrogen and oxygen atoms in total. The number of nitrogens with zero attached hydrogens (tertiary/aromatic N) is 3. The first-order valence-electron chi connectivity index (χ1n) is 8.59. The van der Waals surface area contributed by atoms with Crippen LogP contribution in [0.15, 0.2) is 29.3 Å². The number of thioether (sulfide) groups is 1. The van der Waals surface area contributed by atoms with E-state index in [0.717, 1.165) is 47.4 Å². The third-order valence-corrected chi connectivity index (χ3v) is 6.00. The van der Waals surface area contributed by atoms with E-state index in [4.69, 9.17) is 0 Å². The van der Waals surface area contributed by atoms with E-state index in [1.165, 1.54) is 16.7 Å². The average molecular weight is 356 g/mol. The van der Waals surface area contributed by atoms with Crippen molar-refractivity contribution in [2.45, 2.75) is 43.2 Å². The highest BCUT2D eigenvalue weighted by Crippen LogP contribution is 2.35. The third-order valence-electron chi connectivity index (χ3n) is 4.96. The second-order valence-electron chi connectivity index (χ2n) is 6.63. The molecule has 1 spiro atoms. The quantitative estimate of drug-likeness (QED) is 0.673. The number of fused-ring (bicyclic) bond motifs is 1. The van der Waals surface area contributed by atoms with Crippen molar-refractivity contribution >= 4 is 34.7 Å². The van der Waals surface area contributed by atoms with Crippen LogP contribution in [0.2, 0.25) is 0 Å². The number of aryl methyl sites for hydroxylation is 1. The van der Waals surface area contributed by atoms with Crippen molar-refractivity contribution in [3.05, 3.63) is 30.0 Å². The molecule has 1 saturated carbocycles. The van der Waals surface area contributed by atoms with Crippen LogP contribution in [0, 0.1) is 6.92 Å². The number of carbonyl (C=O) groups excluding carboxylic acids is 2. The maximum Gasteiger partial charge on any atom is 0.325 e. The maximum absolute atomic E-state index is 12.6. The summed E-state index contributed by atoms with van der Waals surface area (Å²) in [6, 6.07) is 7.51. The van der Waals surface area contributed by atoms with Crippen LogP contribution in [0.4, 0.5) is 4.79 Å². The smallest absolute Gasteiger partial charge is 0.323 e. The molecule has 4 rings (SSSR count). The van der Waals surface area contributed by atoms with Crippen molar-refractivity contribution in [1.82, 2.24) is 20.2 Å². The van der Waals surface area contributed by atoms with E-state index in [2.05, 4.69) is 15.3 Å². The molecule has 2 heterocycles. The van der Waals surface area contributed by atoms with Crippen molar-refractivity contribution in [3.63, 3.8) is 0 Å². The zero-order valence-corrected chi connectivity index (χ0v) is 14.9. The van der Waals surface area contributed by atoms with Crippen LogP contribution in [0.5, 0.6) is 0 Å². The zero-order chi connectivity index (χ0) is 17.4. The van der Waals surface area contributed by atoms with Gasteiger partial charge in [-0.25, -0.2) is 14.8 Å². The summed E-state index contributed by atoms with van der Waals surface area (Å²) >= 11 is 1.54. The lowest BCUT2D eigenvalue weighted by Gasteiger charge is -2.19. The minimum Gasteiger partial charge on any atom is -0.323 e. The normalized spacial score (nSPS) is 19.2. The first kappa shape index (κ1) is 16.3. The predicted octanol–water partition coefficient (Wildman–Crippen LogP) is 2.89. The van der Waals surface area contributed by atoms with Crippen LogP contribution in [-0.2, 0) is 4.79 Å². The Kier molecular flexibility index (Phi) is 4.11. The van der Waals surface area contributed by atoms with Crippen LogP contribution in [0.1, 0.15) is 31.4 Å². The van der Waals surface area contributed by atoms with Crippen molar-refractivity contribution in [2.75, 3.05) is 12.3 Å². The molecular weight excluding hydrogens is 336 g/mol. The van der Waals surface area contributed by atoms with Gasteiger partial charge in [-0.2, -0.15) is 0 Å². The lowest BCUT2D eigenvalue weighted by atomic mass is 9.98. The fourth-order valence-electron chi connectivity index (χ4n) is 3.64. The zero-order valence-electron chi connectivity index (χ0n) is 14.1. The molecule has 0 atom stereocenters. The lowest BCUT2D eigenvalue weighted by molar-refractivity contribution is -0.130. The number of hydrogen-bond donors (Lipinski definition) is 1. The van der Waals surface area contributed by atoms with E-state index >= 15 is 0 Å². The van der Waals surface area contributed by atoms with Gasteiger partial charge in [-0.1, -0.05) is 25.0 Å². The molecule has 130 valence electrons. The highest BCUT2D eigenvalue weighted by atomic mass is 32.2. The minimum absolute atomic E-state index is 0.0584. The molecule has 1 saturated heterocycles. The molecule has 1 aliphatic heterocycles. The molecule has 0 bridgehead atoms. The average Bonchev–Trinajstić information content (AvgIpc) is 3.16. The van der Waals surface area contributed by atoms with Crippen LogP contribution < -0.4 is 5.32 Å². The van der Waals surface area contributed by atoms with E-state index in [9.17, 15) is 9.59 Å². The fraction of sp³-hybridized carbons (Fsp3) is 0.444. The van der Waals surface area contributed by atoms with E-state index in [1.54, 1.807) is 0 Å². The predicted molar refractivity (Wildman–Crippen MR) is 96.4 cm³/mol. The van der Waals surface area contributed by atoms with Gasteiger partial charge in [-0.15, -0.1) is 11.8 Å². The van der Waals surface area contributed by atoms with Crippen molar-refractivity contribution in [3.8, 4) is 0 Å². The number of amides is 3. The number of hydrogen-bond acceptors (Lipinski definition) is 5. The molecule has 25 heavy (non-hydrogen) atoms. The van der Waals surface area contributed by atoms with Crippen LogP contribution >= 0.6 is 11.8 Å². The summed E-state index contributed by atoms with van der Waals surface area (Å²) in [5, 5.41) is 3.76. The fourth-order valence-corrected chi connectivity index (χ4v) is 4.52. The standard InChI is InChI=1S/C18H20N4O2S/c1-12-15(20-14-7-3-2-6-13(14)19-12)25-11-10-22-16(23)18(21-17(22)24)8-4-5-9-18/h2-3,6-7H,4-5,8-11H2,1H3,(H,21,24). The maximum atomic E-state index is 12.6. The molecule has 2 aromatic rings. The first-order valence-corrected chi connectivity index (χ1v) is 9.58. The molecule has 1 aromatic heterocycles. The number of aromatic nitrogens is 2. The highest BCUT2D eigenvalue weighted by molar-refractivity contribution is 7.99. The molecule has 0 unspecified atom stereocenters. The Labute approximate surface area is 150 Å². The van der Waals surface area contributed by atoms with Gasteiger partial charge < -0.3 is 5.32 Å². The molecule has 0 radical (unpaired) electrons. The second-order valence-corrected chi connectivity index (χ2v) is 7.71. The van der Waals surface area contributed by atoms with Gasteiger partial charge in [0.1, 0.15) is 10.6 Å². The summed E-state index contributed by atoms with van der Waals surface area (Å²) in [6.45, 7) is 2.33.